The van der Waals surface area contributed by atoms with Gasteiger partial charge in [0, 0.05) is 25.5 Å². The van der Waals surface area contributed by atoms with Crippen LogP contribution in [0, 0.1) is 12.7 Å². The van der Waals surface area contributed by atoms with Crippen molar-refractivity contribution in [3.8, 4) is 11.4 Å². The molecule has 0 saturated heterocycles. The van der Waals surface area contributed by atoms with Gasteiger partial charge in [0.05, 0.1) is 19.3 Å². The summed E-state index contributed by atoms with van der Waals surface area (Å²) in [5.41, 5.74) is 2.51. The fraction of sp³-hybridized carbons (Fsp3) is 0.304. The van der Waals surface area contributed by atoms with Crippen molar-refractivity contribution in [2.24, 2.45) is 4.99 Å². The van der Waals surface area contributed by atoms with E-state index in [-0.39, 0.29) is 5.82 Å². The van der Waals surface area contributed by atoms with Crippen LogP contribution >= 0.6 is 0 Å². The summed E-state index contributed by atoms with van der Waals surface area (Å²) in [6, 6.07) is 13.2. The molecule has 7 heteroatoms. The number of methoxy groups -OCH3 is 1. The molecule has 0 amide bonds. The number of rotatable bonds is 8. The van der Waals surface area contributed by atoms with E-state index in [0.717, 1.165) is 36.6 Å². The molecule has 3 aromatic rings. The highest BCUT2D eigenvalue weighted by molar-refractivity contribution is 5.79. The van der Waals surface area contributed by atoms with Gasteiger partial charge in [0.2, 0.25) is 0 Å². The minimum Gasteiger partial charge on any atom is -0.497 e. The van der Waals surface area contributed by atoms with Crippen LogP contribution in [0.15, 0.2) is 59.9 Å². The molecule has 0 fully saturated rings. The van der Waals surface area contributed by atoms with Crippen LogP contribution in [0.1, 0.15) is 23.9 Å². The van der Waals surface area contributed by atoms with Gasteiger partial charge in [-0.25, -0.2) is 14.4 Å². The molecule has 1 heterocycles. The number of aromatic nitrogens is 2. The van der Waals surface area contributed by atoms with Crippen LogP contribution in [-0.2, 0) is 13.0 Å². The Morgan fingerprint density at radius 1 is 1.13 bits per heavy atom. The Kier molecular flexibility index (Phi) is 7.43. The Morgan fingerprint density at radius 2 is 1.90 bits per heavy atom. The largest absolute Gasteiger partial charge is 0.497 e. The minimum atomic E-state index is -0.290. The van der Waals surface area contributed by atoms with E-state index in [9.17, 15) is 4.39 Å². The van der Waals surface area contributed by atoms with Crippen molar-refractivity contribution in [1.29, 1.82) is 0 Å². The average Bonchev–Trinajstić information content (AvgIpc) is 3.18. The zero-order valence-corrected chi connectivity index (χ0v) is 17.7. The van der Waals surface area contributed by atoms with Crippen LogP contribution in [0.4, 0.5) is 4.39 Å². The molecular weight excluding hydrogens is 381 g/mol. The zero-order chi connectivity index (χ0) is 21.3. The second kappa shape index (κ2) is 10.4. The predicted molar refractivity (Wildman–Crippen MR) is 118 cm³/mol. The van der Waals surface area contributed by atoms with Crippen molar-refractivity contribution in [3.63, 3.8) is 0 Å². The van der Waals surface area contributed by atoms with E-state index < -0.39 is 0 Å². The van der Waals surface area contributed by atoms with Gasteiger partial charge in [-0.05, 0) is 55.7 Å². The molecule has 2 N–H and O–H groups in total. The summed E-state index contributed by atoms with van der Waals surface area (Å²) in [4.78, 5) is 8.73. The molecule has 2 aromatic carbocycles. The predicted octanol–water partition coefficient (Wildman–Crippen LogP) is 3.63. The normalized spacial score (nSPS) is 11.4. The van der Waals surface area contributed by atoms with Crippen LogP contribution in [0.2, 0.25) is 0 Å². The fourth-order valence-electron chi connectivity index (χ4n) is 3.11. The number of guanidine groups is 1. The summed E-state index contributed by atoms with van der Waals surface area (Å²) < 4.78 is 21.5. The highest BCUT2D eigenvalue weighted by Crippen LogP contribution is 2.17. The lowest BCUT2D eigenvalue weighted by molar-refractivity contribution is 0.414. The first kappa shape index (κ1) is 21.4. The number of nitrogens with one attached hydrogen (secondary N) is 2. The van der Waals surface area contributed by atoms with Crippen LogP contribution in [0.25, 0.3) is 5.69 Å². The van der Waals surface area contributed by atoms with E-state index in [4.69, 9.17) is 4.74 Å². The molecular formula is C23H28FN5O. The monoisotopic (exact) mass is 409 g/mol. The Labute approximate surface area is 176 Å². The van der Waals surface area contributed by atoms with Gasteiger partial charge in [-0.1, -0.05) is 18.2 Å². The third-order valence-electron chi connectivity index (χ3n) is 4.73. The number of aliphatic imine (C=N–C) groups is 1. The van der Waals surface area contributed by atoms with Crippen molar-refractivity contribution in [3.05, 3.63) is 77.6 Å². The van der Waals surface area contributed by atoms with Gasteiger partial charge in [-0.15, -0.1) is 0 Å². The Morgan fingerprint density at radius 3 is 2.53 bits per heavy atom. The summed E-state index contributed by atoms with van der Waals surface area (Å²) in [5.74, 6) is 2.01. The number of hydrogen-bond acceptors (Lipinski definition) is 3. The van der Waals surface area contributed by atoms with E-state index in [2.05, 4.69) is 32.7 Å². The third-order valence-corrected chi connectivity index (χ3v) is 4.73. The van der Waals surface area contributed by atoms with Crippen LogP contribution < -0.4 is 15.4 Å². The van der Waals surface area contributed by atoms with Crippen LogP contribution in [0.3, 0.4) is 0 Å². The first-order valence-corrected chi connectivity index (χ1v) is 10.0. The maximum Gasteiger partial charge on any atom is 0.191 e. The molecule has 1 aromatic heterocycles. The molecule has 0 atom stereocenters. The molecule has 0 unspecified atom stereocenters. The Balaban J connectivity index is 1.59. The molecule has 0 radical (unpaired) electrons. The van der Waals surface area contributed by atoms with Crippen LogP contribution in [0.5, 0.6) is 5.75 Å². The SMILES string of the molecule is CCNC(=NCc1ccc(-n2ccnc2C)c(F)c1)NCCc1ccc(OC)cc1. The quantitative estimate of drug-likeness (QED) is 0.441. The lowest BCUT2D eigenvalue weighted by Gasteiger charge is -2.12. The lowest BCUT2D eigenvalue weighted by Crippen LogP contribution is -2.38. The van der Waals surface area contributed by atoms with Crippen molar-refractivity contribution in [2.45, 2.75) is 26.8 Å². The van der Waals surface area contributed by atoms with Crippen molar-refractivity contribution < 1.29 is 9.13 Å². The minimum absolute atomic E-state index is 0.290. The van der Waals surface area contributed by atoms with E-state index in [1.807, 2.05) is 32.0 Å². The molecule has 0 bridgehead atoms. The number of aryl methyl sites for hydroxylation is 1. The number of halogens is 1. The summed E-state index contributed by atoms with van der Waals surface area (Å²) in [7, 11) is 1.66. The molecule has 6 nitrogen and oxygen atoms in total. The third kappa shape index (κ3) is 5.59. The Hall–Kier alpha value is -3.35. The molecule has 3 rings (SSSR count). The molecule has 0 aliphatic carbocycles. The molecule has 0 aliphatic heterocycles. The van der Waals surface area contributed by atoms with Crippen LogP contribution in [-0.4, -0.2) is 35.7 Å². The molecule has 158 valence electrons. The van der Waals surface area contributed by atoms with Crippen molar-refractivity contribution >= 4 is 5.96 Å². The van der Waals surface area contributed by atoms with Gasteiger partial charge in [0.15, 0.2) is 5.96 Å². The first-order chi connectivity index (χ1) is 14.6. The summed E-state index contributed by atoms with van der Waals surface area (Å²) in [6.07, 6.45) is 4.27. The first-order valence-electron chi connectivity index (χ1n) is 10.0. The maximum absolute atomic E-state index is 14.6. The highest BCUT2D eigenvalue weighted by Gasteiger charge is 2.08. The summed E-state index contributed by atoms with van der Waals surface area (Å²) in [6.45, 7) is 5.74. The molecule has 30 heavy (non-hydrogen) atoms. The van der Waals surface area contributed by atoms with Crippen molar-refractivity contribution in [1.82, 2.24) is 20.2 Å². The van der Waals surface area contributed by atoms with Gasteiger partial charge in [-0.3, -0.25) is 0 Å². The molecule has 0 saturated carbocycles. The van der Waals surface area contributed by atoms with Gasteiger partial charge in [0.25, 0.3) is 0 Å². The van der Waals surface area contributed by atoms with Gasteiger partial charge < -0.3 is 19.9 Å². The van der Waals surface area contributed by atoms with Gasteiger partial charge in [0.1, 0.15) is 17.4 Å². The second-order valence-corrected chi connectivity index (χ2v) is 6.85. The smallest absolute Gasteiger partial charge is 0.191 e. The number of imidazole rings is 1. The molecule has 0 aliphatic rings. The highest BCUT2D eigenvalue weighted by atomic mass is 19.1. The standard InChI is InChI=1S/C23H28FN5O/c1-4-25-23(27-12-11-18-5-8-20(30-3)9-6-18)28-16-19-7-10-22(21(24)15-19)29-14-13-26-17(29)2/h5-10,13-15H,4,11-12,16H2,1-3H3,(H2,25,27,28). The van der Waals surface area contributed by atoms with E-state index in [1.54, 1.807) is 30.1 Å². The van der Waals surface area contributed by atoms with Crippen molar-refractivity contribution in [2.75, 3.05) is 20.2 Å². The maximum atomic E-state index is 14.6. The lowest BCUT2D eigenvalue weighted by atomic mass is 10.1. The van der Waals surface area contributed by atoms with E-state index >= 15 is 0 Å². The number of hydrogen-bond donors (Lipinski definition) is 2. The second-order valence-electron chi connectivity index (χ2n) is 6.85. The number of benzene rings is 2. The number of ether oxygens (including phenoxy) is 1. The Bertz CT molecular complexity index is 982. The van der Waals surface area contributed by atoms with E-state index in [1.165, 1.54) is 11.6 Å². The van der Waals surface area contributed by atoms with Gasteiger partial charge >= 0.3 is 0 Å². The fourth-order valence-corrected chi connectivity index (χ4v) is 3.11. The van der Waals surface area contributed by atoms with Gasteiger partial charge in [-0.2, -0.15) is 0 Å². The zero-order valence-electron chi connectivity index (χ0n) is 17.7. The molecule has 0 spiro atoms. The summed E-state index contributed by atoms with van der Waals surface area (Å²) in [5, 5.41) is 6.55. The number of nitrogens with zero attached hydrogens (tertiary/aromatic N) is 3. The average molecular weight is 410 g/mol. The topological polar surface area (TPSA) is 63.5 Å². The van der Waals surface area contributed by atoms with E-state index in [0.29, 0.717) is 18.2 Å². The summed E-state index contributed by atoms with van der Waals surface area (Å²) >= 11 is 0.